The summed E-state index contributed by atoms with van der Waals surface area (Å²) in [7, 11) is 0. The molecule has 0 spiro atoms. The first-order chi connectivity index (χ1) is 11.7. The topological polar surface area (TPSA) is 71.8 Å². The highest BCUT2D eigenvalue weighted by Crippen LogP contribution is 2.28. The van der Waals surface area contributed by atoms with Crippen molar-refractivity contribution in [2.24, 2.45) is 0 Å². The summed E-state index contributed by atoms with van der Waals surface area (Å²) in [4.78, 5) is 25.9. The quantitative estimate of drug-likeness (QED) is 0.865. The summed E-state index contributed by atoms with van der Waals surface area (Å²) in [6.45, 7) is 1.84. The van der Waals surface area contributed by atoms with E-state index in [2.05, 4.69) is 5.32 Å². The molecule has 126 valence electrons. The van der Waals surface area contributed by atoms with Gasteiger partial charge in [0.25, 0.3) is 5.91 Å². The molecule has 2 saturated heterocycles. The van der Waals surface area contributed by atoms with Gasteiger partial charge < -0.3 is 19.4 Å². The lowest BCUT2D eigenvalue weighted by molar-refractivity contribution is -0.136. The fourth-order valence-corrected chi connectivity index (χ4v) is 3.74. The molecule has 6 heteroatoms. The van der Waals surface area contributed by atoms with Gasteiger partial charge in [0.2, 0.25) is 0 Å². The van der Waals surface area contributed by atoms with Crippen LogP contribution >= 0.6 is 0 Å². The molecule has 0 saturated carbocycles. The molecule has 3 heterocycles. The molecular formula is C18H20N2O4. The molecule has 0 radical (unpaired) electrons. The first-order valence-electron chi connectivity index (χ1n) is 8.39. The van der Waals surface area contributed by atoms with Crippen LogP contribution in [-0.2, 0) is 4.79 Å². The van der Waals surface area contributed by atoms with Crippen molar-refractivity contribution >= 4 is 16.9 Å². The Hall–Kier alpha value is -2.34. The van der Waals surface area contributed by atoms with E-state index in [4.69, 9.17) is 9.15 Å². The zero-order valence-electron chi connectivity index (χ0n) is 13.4. The molecule has 0 aliphatic carbocycles. The minimum atomic E-state index is -0.399. The van der Waals surface area contributed by atoms with Crippen LogP contribution in [0.2, 0.25) is 0 Å². The van der Waals surface area contributed by atoms with E-state index >= 15 is 0 Å². The third kappa shape index (κ3) is 2.89. The van der Waals surface area contributed by atoms with Crippen LogP contribution in [0, 0.1) is 0 Å². The molecule has 1 aromatic carbocycles. The Bertz CT molecular complexity index is 802. The fourth-order valence-electron chi connectivity index (χ4n) is 3.74. The van der Waals surface area contributed by atoms with E-state index in [1.165, 1.54) is 6.07 Å². The van der Waals surface area contributed by atoms with E-state index in [1.807, 2.05) is 11.0 Å². The maximum absolute atomic E-state index is 12.6. The molecule has 24 heavy (non-hydrogen) atoms. The Labute approximate surface area is 139 Å². The second kappa shape index (κ2) is 6.28. The third-order valence-electron chi connectivity index (χ3n) is 4.90. The molecule has 2 aliphatic heterocycles. The van der Waals surface area contributed by atoms with Gasteiger partial charge in [-0.25, -0.2) is 4.79 Å². The molecule has 1 amide bonds. The molecule has 2 atom stereocenters. The molecule has 2 bridgehead atoms. The monoisotopic (exact) mass is 328 g/mol. The van der Waals surface area contributed by atoms with Gasteiger partial charge in [-0.15, -0.1) is 0 Å². The number of carbonyl (C=O) groups excluding carboxylic acids is 1. The number of rotatable bonds is 3. The fraction of sp³-hybridized carbons (Fsp3) is 0.444. The SMILES string of the molecule is O=C(COc1ccc2ccc(=O)oc2c1)N1C2CCNCC1CC2. The van der Waals surface area contributed by atoms with Gasteiger partial charge in [-0.2, -0.15) is 0 Å². The molecule has 2 aliphatic rings. The van der Waals surface area contributed by atoms with Crippen LogP contribution in [0.1, 0.15) is 19.3 Å². The molecule has 1 aromatic heterocycles. The number of hydrogen-bond acceptors (Lipinski definition) is 5. The number of benzene rings is 1. The van der Waals surface area contributed by atoms with Crippen LogP contribution in [0.25, 0.3) is 11.0 Å². The summed E-state index contributed by atoms with van der Waals surface area (Å²) in [5, 5.41) is 4.21. The standard InChI is InChI=1S/C18H20N2O4/c21-17(20-13-3-4-14(20)10-19-8-7-13)11-23-15-5-1-12-2-6-18(22)24-16(12)9-15/h1-2,5-6,9,13-14,19H,3-4,7-8,10-11H2. The first-order valence-corrected chi connectivity index (χ1v) is 8.39. The van der Waals surface area contributed by atoms with E-state index in [0.717, 1.165) is 37.7 Å². The van der Waals surface area contributed by atoms with E-state index < -0.39 is 5.63 Å². The largest absolute Gasteiger partial charge is 0.484 e. The summed E-state index contributed by atoms with van der Waals surface area (Å²) in [6, 6.07) is 8.96. The predicted octanol–water partition coefficient (Wildman–Crippen LogP) is 1.52. The van der Waals surface area contributed by atoms with Crippen molar-refractivity contribution in [3.05, 3.63) is 40.8 Å². The van der Waals surface area contributed by atoms with Crippen LogP contribution in [0.3, 0.4) is 0 Å². The molecular weight excluding hydrogens is 308 g/mol. The Morgan fingerprint density at radius 1 is 1.21 bits per heavy atom. The van der Waals surface area contributed by atoms with Gasteiger partial charge in [0.1, 0.15) is 11.3 Å². The minimum absolute atomic E-state index is 0.00950. The van der Waals surface area contributed by atoms with Gasteiger partial charge in [-0.05, 0) is 44.0 Å². The zero-order chi connectivity index (χ0) is 16.5. The number of nitrogens with zero attached hydrogens (tertiary/aromatic N) is 1. The Morgan fingerprint density at radius 3 is 2.96 bits per heavy atom. The molecule has 2 fully saturated rings. The molecule has 6 nitrogen and oxygen atoms in total. The summed E-state index contributed by atoms with van der Waals surface area (Å²) in [5.74, 6) is 0.561. The van der Waals surface area contributed by atoms with Gasteiger partial charge in [0.05, 0.1) is 0 Å². The van der Waals surface area contributed by atoms with Crippen LogP contribution in [-0.4, -0.2) is 42.6 Å². The van der Waals surface area contributed by atoms with Crippen molar-refractivity contribution in [2.45, 2.75) is 31.3 Å². The van der Waals surface area contributed by atoms with Crippen molar-refractivity contribution in [3.8, 4) is 5.75 Å². The van der Waals surface area contributed by atoms with Gasteiger partial charge in [0, 0.05) is 36.1 Å². The van der Waals surface area contributed by atoms with E-state index in [9.17, 15) is 9.59 Å². The summed E-state index contributed by atoms with van der Waals surface area (Å²) < 4.78 is 10.8. The van der Waals surface area contributed by atoms with Crippen molar-refractivity contribution in [1.82, 2.24) is 10.2 Å². The average Bonchev–Trinajstić information content (AvgIpc) is 2.85. The molecule has 1 N–H and O–H groups in total. The van der Waals surface area contributed by atoms with Crippen LogP contribution in [0.5, 0.6) is 5.75 Å². The summed E-state index contributed by atoms with van der Waals surface area (Å²) in [5.41, 5.74) is 0.0656. The van der Waals surface area contributed by atoms with Crippen molar-refractivity contribution in [1.29, 1.82) is 0 Å². The van der Waals surface area contributed by atoms with Gasteiger partial charge in [-0.1, -0.05) is 0 Å². The second-order valence-electron chi connectivity index (χ2n) is 6.42. The maximum atomic E-state index is 12.6. The van der Waals surface area contributed by atoms with E-state index in [0.29, 0.717) is 17.4 Å². The lowest BCUT2D eigenvalue weighted by Gasteiger charge is -2.27. The predicted molar refractivity (Wildman–Crippen MR) is 89.1 cm³/mol. The normalized spacial score (nSPS) is 23.2. The van der Waals surface area contributed by atoms with Crippen LogP contribution < -0.4 is 15.7 Å². The molecule has 2 aromatic rings. The maximum Gasteiger partial charge on any atom is 0.336 e. The number of nitrogens with one attached hydrogen (secondary N) is 1. The average molecular weight is 328 g/mol. The van der Waals surface area contributed by atoms with Crippen LogP contribution in [0.4, 0.5) is 0 Å². The van der Waals surface area contributed by atoms with Crippen molar-refractivity contribution < 1.29 is 13.9 Å². The Balaban J connectivity index is 1.46. The van der Waals surface area contributed by atoms with Crippen molar-refractivity contribution in [2.75, 3.05) is 19.7 Å². The lowest BCUT2D eigenvalue weighted by atomic mass is 10.1. The highest BCUT2D eigenvalue weighted by atomic mass is 16.5. The molecule has 2 unspecified atom stereocenters. The lowest BCUT2D eigenvalue weighted by Crippen LogP contribution is -2.44. The highest BCUT2D eigenvalue weighted by molar-refractivity contribution is 5.80. The van der Waals surface area contributed by atoms with Gasteiger partial charge in [-0.3, -0.25) is 4.79 Å². The zero-order valence-corrected chi connectivity index (χ0v) is 13.4. The third-order valence-corrected chi connectivity index (χ3v) is 4.90. The van der Waals surface area contributed by atoms with Crippen molar-refractivity contribution in [3.63, 3.8) is 0 Å². The van der Waals surface area contributed by atoms with E-state index in [-0.39, 0.29) is 18.6 Å². The second-order valence-corrected chi connectivity index (χ2v) is 6.42. The van der Waals surface area contributed by atoms with E-state index in [1.54, 1.807) is 18.2 Å². The number of ether oxygens (including phenoxy) is 1. The van der Waals surface area contributed by atoms with Gasteiger partial charge >= 0.3 is 5.63 Å². The number of amides is 1. The first kappa shape index (κ1) is 15.2. The Morgan fingerprint density at radius 2 is 2.04 bits per heavy atom. The number of hydrogen-bond donors (Lipinski definition) is 1. The highest BCUT2D eigenvalue weighted by Gasteiger charge is 2.37. The summed E-state index contributed by atoms with van der Waals surface area (Å²) in [6.07, 6.45) is 3.15. The smallest absolute Gasteiger partial charge is 0.336 e. The Kier molecular flexibility index (Phi) is 3.98. The number of carbonyl (C=O) groups is 1. The van der Waals surface area contributed by atoms with Crippen LogP contribution in [0.15, 0.2) is 39.5 Å². The summed E-state index contributed by atoms with van der Waals surface area (Å²) >= 11 is 0. The minimum Gasteiger partial charge on any atom is -0.484 e. The number of fused-ring (bicyclic) bond motifs is 3. The molecule has 4 rings (SSSR count). The van der Waals surface area contributed by atoms with Gasteiger partial charge in [0.15, 0.2) is 6.61 Å².